The van der Waals surface area contributed by atoms with Crippen LogP contribution in [-0.4, -0.2) is 5.11 Å². The minimum atomic E-state index is 0. The van der Waals surface area contributed by atoms with Crippen LogP contribution >= 0.6 is 0 Å². The number of aliphatic hydroxyl groups is 1. The maximum Gasteiger partial charge on any atom is 1.00 e. The molecular formula is C12H25AuO. The van der Waals surface area contributed by atoms with Crippen molar-refractivity contribution in [1.82, 2.24) is 0 Å². The van der Waals surface area contributed by atoms with Crippen LogP contribution in [0.1, 0.15) is 71.1 Å². The van der Waals surface area contributed by atoms with E-state index in [9.17, 15) is 0 Å². The molecule has 1 N–H and O–H groups in total. The molecule has 0 saturated heterocycles. The van der Waals surface area contributed by atoms with Gasteiger partial charge in [0.15, 0.2) is 0 Å². The summed E-state index contributed by atoms with van der Waals surface area (Å²) in [5.74, 6) is 0. The molecule has 0 aliphatic heterocycles. The Balaban J connectivity index is 0. The van der Waals surface area contributed by atoms with Gasteiger partial charge in [0.2, 0.25) is 0 Å². The summed E-state index contributed by atoms with van der Waals surface area (Å²) in [5.41, 5.74) is 0. The summed E-state index contributed by atoms with van der Waals surface area (Å²) in [7, 11) is 0. The van der Waals surface area contributed by atoms with E-state index in [4.69, 9.17) is 5.11 Å². The van der Waals surface area contributed by atoms with Gasteiger partial charge < -0.3 is 5.11 Å². The Labute approximate surface area is 105 Å². The zero-order chi connectivity index (χ0) is 9.78. The molecular weight excluding hydrogens is 357 g/mol. The Hall–Kier alpha value is 0.700. The largest absolute Gasteiger partial charge is 1.00 e. The van der Waals surface area contributed by atoms with Crippen molar-refractivity contribution in [2.75, 3.05) is 0 Å². The molecule has 0 heterocycles. The van der Waals surface area contributed by atoms with Crippen LogP contribution in [0, 0.1) is 6.61 Å². The van der Waals surface area contributed by atoms with E-state index in [1.165, 1.54) is 58.0 Å². The van der Waals surface area contributed by atoms with E-state index in [0.717, 1.165) is 12.8 Å². The first-order valence-electron chi connectivity index (χ1n) is 5.87. The zero-order valence-electron chi connectivity index (χ0n) is 9.40. The van der Waals surface area contributed by atoms with Crippen molar-refractivity contribution in [3.05, 3.63) is 6.61 Å². The second kappa shape index (κ2) is 16.1. The van der Waals surface area contributed by atoms with Crippen molar-refractivity contribution in [2.24, 2.45) is 0 Å². The van der Waals surface area contributed by atoms with E-state index < -0.39 is 0 Å². The van der Waals surface area contributed by atoms with Crippen LogP contribution in [0.15, 0.2) is 0 Å². The van der Waals surface area contributed by atoms with Gasteiger partial charge in [-0.05, 0) is 0 Å². The SMILES string of the molecule is CCCCCCCCCCC[CH-]O.[Au+]. The molecule has 14 heavy (non-hydrogen) atoms. The fraction of sp³-hybridized carbons (Fsp3) is 0.917. The third kappa shape index (κ3) is 15.2. The van der Waals surface area contributed by atoms with Crippen LogP contribution < -0.4 is 0 Å². The third-order valence-electron chi connectivity index (χ3n) is 2.44. The van der Waals surface area contributed by atoms with Gasteiger partial charge in [0.05, 0.1) is 0 Å². The van der Waals surface area contributed by atoms with Gasteiger partial charge in [-0.2, -0.15) is 6.42 Å². The second-order valence-corrected chi connectivity index (χ2v) is 3.80. The van der Waals surface area contributed by atoms with Crippen LogP contribution in [-0.2, 0) is 22.4 Å². The summed E-state index contributed by atoms with van der Waals surface area (Å²) in [4.78, 5) is 0. The summed E-state index contributed by atoms with van der Waals surface area (Å²) in [6.07, 6.45) is 13.0. The minimum absolute atomic E-state index is 0. The Morgan fingerprint density at radius 3 is 1.64 bits per heavy atom. The Kier molecular flexibility index (Phi) is 19.7. The quantitative estimate of drug-likeness (QED) is 0.337. The molecule has 1 nitrogen and oxygen atoms in total. The molecule has 0 bridgehead atoms. The Morgan fingerprint density at radius 2 is 1.21 bits per heavy atom. The van der Waals surface area contributed by atoms with Crippen molar-refractivity contribution >= 4 is 0 Å². The van der Waals surface area contributed by atoms with E-state index in [2.05, 4.69) is 6.92 Å². The fourth-order valence-corrected chi connectivity index (χ4v) is 1.55. The molecule has 0 aromatic carbocycles. The number of rotatable bonds is 10. The van der Waals surface area contributed by atoms with Gasteiger partial charge in [-0.25, -0.2) is 6.61 Å². The molecule has 0 aromatic heterocycles. The molecule has 0 aliphatic rings. The van der Waals surface area contributed by atoms with E-state index in [1.54, 1.807) is 0 Å². The smallest absolute Gasteiger partial charge is 0.566 e. The van der Waals surface area contributed by atoms with Crippen molar-refractivity contribution in [2.45, 2.75) is 71.1 Å². The first-order valence-corrected chi connectivity index (χ1v) is 5.87. The summed E-state index contributed by atoms with van der Waals surface area (Å²) < 4.78 is 0. The average Bonchev–Trinajstić information content (AvgIpc) is 2.16. The van der Waals surface area contributed by atoms with Gasteiger partial charge in [0.1, 0.15) is 0 Å². The summed E-state index contributed by atoms with van der Waals surface area (Å²) >= 11 is 0. The van der Waals surface area contributed by atoms with Gasteiger partial charge in [0, 0.05) is 0 Å². The van der Waals surface area contributed by atoms with E-state index in [-0.39, 0.29) is 22.4 Å². The topological polar surface area (TPSA) is 20.2 Å². The van der Waals surface area contributed by atoms with Crippen molar-refractivity contribution in [1.29, 1.82) is 0 Å². The van der Waals surface area contributed by atoms with Crippen LogP contribution in [0.5, 0.6) is 0 Å². The Morgan fingerprint density at radius 1 is 0.786 bits per heavy atom. The third-order valence-corrected chi connectivity index (χ3v) is 2.44. The van der Waals surface area contributed by atoms with Crippen molar-refractivity contribution in [3.8, 4) is 0 Å². The van der Waals surface area contributed by atoms with Crippen molar-refractivity contribution in [3.63, 3.8) is 0 Å². The number of hydrogen-bond donors (Lipinski definition) is 1. The molecule has 2 heteroatoms. The van der Waals surface area contributed by atoms with E-state index in [1.807, 2.05) is 0 Å². The molecule has 0 radical (unpaired) electrons. The zero-order valence-corrected chi connectivity index (χ0v) is 11.6. The molecule has 0 aliphatic carbocycles. The van der Waals surface area contributed by atoms with Gasteiger partial charge in [-0.3, -0.25) is 0 Å². The minimum Gasteiger partial charge on any atom is -0.566 e. The van der Waals surface area contributed by atoms with Crippen molar-refractivity contribution < 1.29 is 27.5 Å². The molecule has 0 unspecified atom stereocenters. The first-order chi connectivity index (χ1) is 6.41. The molecule has 0 rings (SSSR count). The molecule has 0 spiro atoms. The van der Waals surface area contributed by atoms with Crippen LogP contribution in [0.25, 0.3) is 0 Å². The summed E-state index contributed by atoms with van der Waals surface area (Å²) in [5, 5.41) is 8.44. The van der Waals surface area contributed by atoms with E-state index in [0.29, 0.717) is 0 Å². The molecule has 0 amide bonds. The Bertz CT molecular complexity index is 76.4. The molecule has 0 saturated carbocycles. The maximum atomic E-state index is 8.44. The average molecular weight is 382 g/mol. The second-order valence-electron chi connectivity index (χ2n) is 3.80. The van der Waals surface area contributed by atoms with Gasteiger partial charge >= 0.3 is 22.4 Å². The van der Waals surface area contributed by atoms with Gasteiger partial charge in [-0.1, -0.05) is 64.7 Å². The fourth-order valence-electron chi connectivity index (χ4n) is 1.55. The monoisotopic (exact) mass is 382 g/mol. The van der Waals surface area contributed by atoms with Crippen LogP contribution in [0.3, 0.4) is 0 Å². The predicted octanol–water partition coefficient (Wildman–Crippen LogP) is 4.44. The summed E-state index contributed by atoms with van der Waals surface area (Å²) in [6.45, 7) is 3.53. The predicted molar refractivity (Wildman–Crippen MR) is 58.1 cm³/mol. The number of unbranched alkanes of at least 4 members (excludes halogenated alkanes) is 9. The first kappa shape index (κ1) is 17.1. The molecule has 0 atom stereocenters. The normalized spacial score (nSPS) is 9.86. The molecule has 90 valence electrons. The van der Waals surface area contributed by atoms with Gasteiger partial charge in [-0.15, -0.1) is 0 Å². The van der Waals surface area contributed by atoms with Crippen LogP contribution in [0.2, 0.25) is 0 Å². The standard InChI is InChI=1S/C12H25O.Au/c1-2-3-4-5-6-7-8-9-10-11-12-13;/h12-13H,2-11H2,1H3;/q-1;+1. The number of hydrogen-bond acceptors (Lipinski definition) is 1. The van der Waals surface area contributed by atoms with Gasteiger partial charge in [0.25, 0.3) is 0 Å². The van der Waals surface area contributed by atoms with Crippen LogP contribution in [0.4, 0.5) is 0 Å². The molecule has 0 aromatic rings. The molecule has 0 fully saturated rings. The number of aliphatic hydroxyl groups excluding tert-OH is 1. The van der Waals surface area contributed by atoms with E-state index >= 15 is 0 Å². The maximum absolute atomic E-state index is 8.44. The summed E-state index contributed by atoms with van der Waals surface area (Å²) in [6, 6.07) is 0.